The van der Waals surface area contributed by atoms with Crippen molar-refractivity contribution in [3.05, 3.63) is 95.3 Å². The van der Waals surface area contributed by atoms with E-state index in [4.69, 9.17) is 9.52 Å². The Hall–Kier alpha value is -4.11. The summed E-state index contributed by atoms with van der Waals surface area (Å²) < 4.78 is 20.5. The van der Waals surface area contributed by atoms with E-state index in [2.05, 4.69) is 6.07 Å². The molecule has 142 valence electrons. The van der Waals surface area contributed by atoms with E-state index in [1.165, 1.54) is 18.2 Å². The van der Waals surface area contributed by atoms with Crippen molar-refractivity contribution in [1.29, 1.82) is 5.26 Å². The van der Waals surface area contributed by atoms with Crippen LogP contribution in [-0.4, -0.2) is 15.6 Å². The van der Waals surface area contributed by atoms with E-state index >= 15 is 0 Å². The van der Waals surface area contributed by atoms with Gasteiger partial charge >= 0.3 is 5.97 Å². The maximum atomic E-state index is 13.2. The van der Waals surface area contributed by atoms with Crippen molar-refractivity contribution in [2.24, 2.45) is 0 Å². The third-order valence-electron chi connectivity index (χ3n) is 4.59. The van der Waals surface area contributed by atoms with Crippen molar-refractivity contribution in [1.82, 2.24) is 4.57 Å². The molecule has 0 saturated heterocycles. The van der Waals surface area contributed by atoms with E-state index in [0.29, 0.717) is 23.4 Å². The fraction of sp³-hybridized carbons (Fsp3) is 0.0435. The zero-order chi connectivity index (χ0) is 20.4. The van der Waals surface area contributed by atoms with Gasteiger partial charge in [0.2, 0.25) is 5.76 Å². The van der Waals surface area contributed by atoms with Crippen LogP contribution in [0.1, 0.15) is 27.4 Å². The molecule has 0 amide bonds. The first-order valence-corrected chi connectivity index (χ1v) is 8.83. The second-order valence-corrected chi connectivity index (χ2v) is 6.48. The monoisotopic (exact) mass is 386 g/mol. The number of carboxylic acid groups (broad SMARTS) is 1. The number of hydrogen-bond acceptors (Lipinski definition) is 3. The average molecular weight is 386 g/mol. The number of aromatic nitrogens is 1. The molecule has 0 aliphatic heterocycles. The Kier molecular flexibility index (Phi) is 4.71. The summed E-state index contributed by atoms with van der Waals surface area (Å²) in [6.45, 7) is 0.347. The average Bonchev–Trinajstić information content (AvgIpc) is 3.33. The Morgan fingerprint density at radius 3 is 2.59 bits per heavy atom. The van der Waals surface area contributed by atoms with Gasteiger partial charge in [0.05, 0.1) is 18.2 Å². The maximum absolute atomic E-state index is 13.2. The van der Waals surface area contributed by atoms with E-state index in [9.17, 15) is 14.4 Å². The van der Waals surface area contributed by atoms with Gasteiger partial charge in [-0.15, -0.1) is 0 Å². The lowest BCUT2D eigenvalue weighted by molar-refractivity contribution is 0.0660. The van der Waals surface area contributed by atoms with Gasteiger partial charge in [0.15, 0.2) is 0 Å². The van der Waals surface area contributed by atoms with E-state index < -0.39 is 5.97 Å². The van der Waals surface area contributed by atoms with Gasteiger partial charge in [-0.3, -0.25) is 0 Å². The quantitative estimate of drug-likeness (QED) is 0.479. The van der Waals surface area contributed by atoms with Crippen LogP contribution in [-0.2, 0) is 6.54 Å². The molecule has 0 aliphatic carbocycles. The molecule has 0 bridgehead atoms. The van der Waals surface area contributed by atoms with E-state index in [0.717, 1.165) is 16.5 Å². The summed E-state index contributed by atoms with van der Waals surface area (Å²) in [6, 6.07) is 18.7. The topological polar surface area (TPSA) is 79.2 Å². The highest BCUT2D eigenvalue weighted by atomic mass is 19.1. The number of rotatable bonds is 5. The molecule has 5 nitrogen and oxygen atoms in total. The minimum Gasteiger partial charge on any atom is -0.475 e. The molecular formula is C23H15FN2O3. The number of carboxylic acids is 1. The number of carbonyl (C=O) groups is 1. The van der Waals surface area contributed by atoms with Crippen LogP contribution >= 0.6 is 0 Å². The normalized spacial score (nSPS) is 11.5. The van der Waals surface area contributed by atoms with Crippen LogP contribution in [0, 0.1) is 17.1 Å². The van der Waals surface area contributed by atoms with Gasteiger partial charge in [0, 0.05) is 22.7 Å². The van der Waals surface area contributed by atoms with Gasteiger partial charge in [-0.05, 0) is 42.0 Å². The van der Waals surface area contributed by atoms with E-state index in [1.54, 1.807) is 24.3 Å². The molecule has 2 aromatic heterocycles. The van der Waals surface area contributed by atoms with Gasteiger partial charge in [0.1, 0.15) is 11.6 Å². The number of furan rings is 1. The predicted octanol–water partition coefficient (Wildman–Crippen LogP) is 5.18. The Bertz CT molecular complexity index is 1270. The molecule has 0 atom stereocenters. The van der Waals surface area contributed by atoms with Crippen LogP contribution in [0.5, 0.6) is 0 Å². The lowest BCUT2D eigenvalue weighted by atomic mass is 10.0. The van der Waals surface area contributed by atoms with Gasteiger partial charge in [-0.1, -0.05) is 30.3 Å². The van der Waals surface area contributed by atoms with Crippen molar-refractivity contribution >= 4 is 28.5 Å². The third kappa shape index (κ3) is 3.66. The molecule has 0 fully saturated rings. The zero-order valence-electron chi connectivity index (χ0n) is 15.2. The summed E-state index contributed by atoms with van der Waals surface area (Å²) in [5.74, 6) is -1.07. The van der Waals surface area contributed by atoms with Crippen LogP contribution in [0.15, 0.2) is 71.3 Å². The Balaban J connectivity index is 1.76. The highest BCUT2D eigenvalue weighted by Gasteiger charge is 2.13. The number of benzene rings is 2. The molecule has 0 unspecified atom stereocenters. The van der Waals surface area contributed by atoms with Gasteiger partial charge < -0.3 is 14.1 Å². The Labute approximate surface area is 165 Å². The van der Waals surface area contributed by atoms with Crippen LogP contribution in [0.25, 0.3) is 22.6 Å². The number of para-hydroxylation sites is 1. The van der Waals surface area contributed by atoms with Crippen molar-refractivity contribution in [3.8, 4) is 6.07 Å². The first-order chi connectivity index (χ1) is 14.0. The molecule has 1 N–H and O–H groups in total. The number of nitriles is 1. The van der Waals surface area contributed by atoms with E-state index in [1.807, 2.05) is 35.0 Å². The summed E-state index contributed by atoms with van der Waals surface area (Å²) >= 11 is 0. The van der Waals surface area contributed by atoms with Crippen LogP contribution in [0.4, 0.5) is 4.39 Å². The molecule has 29 heavy (non-hydrogen) atoms. The van der Waals surface area contributed by atoms with Gasteiger partial charge in [-0.25, -0.2) is 9.18 Å². The molecule has 0 aliphatic rings. The largest absolute Gasteiger partial charge is 0.475 e. The standard InChI is InChI=1S/C23H15FN2O3/c24-18-7-5-15(6-8-18)16(12-25)11-17-13-26(21-4-2-1-3-20(17)21)14-19-9-10-22(29-19)23(27)28/h1-11,13H,14H2,(H,27,28)/b16-11+. The Morgan fingerprint density at radius 2 is 1.90 bits per heavy atom. The van der Waals surface area contributed by atoms with Crippen molar-refractivity contribution in [2.45, 2.75) is 6.54 Å². The van der Waals surface area contributed by atoms with Crippen molar-refractivity contribution < 1.29 is 18.7 Å². The van der Waals surface area contributed by atoms with Crippen molar-refractivity contribution in [2.75, 3.05) is 0 Å². The molecule has 2 aromatic carbocycles. The summed E-state index contributed by atoms with van der Waals surface area (Å²) in [7, 11) is 0. The second kappa shape index (κ2) is 7.49. The molecule has 6 heteroatoms. The van der Waals surface area contributed by atoms with Crippen molar-refractivity contribution in [3.63, 3.8) is 0 Å². The first-order valence-electron chi connectivity index (χ1n) is 8.83. The first kappa shape index (κ1) is 18.3. The molecule has 2 heterocycles. The lowest BCUT2D eigenvalue weighted by Crippen LogP contribution is -1.97. The summed E-state index contributed by atoms with van der Waals surface area (Å²) in [6.07, 6.45) is 3.64. The van der Waals surface area contributed by atoms with Crippen LogP contribution in [0.2, 0.25) is 0 Å². The minimum atomic E-state index is -1.12. The predicted molar refractivity (Wildman–Crippen MR) is 107 cm³/mol. The van der Waals surface area contributed by atoms with Crippen LogP contribution < -0.4 is 0 Å². The molecule has 4 rings (SSSR count). The molecule has 4 aromatic rings. The summed E-state index contributed by atoms with van der Waals surface area (Å²) in [5, 5.41) is 19.6. The molecule has 0 radical (unpaired) electrons. The Morgan fingerprint density at radius 1 is 1.14 bits per heavy atom. The number of allylic oxidation sites excluding steroid dienone is 1. The van der Waals surface area contributed by atoms with E-state index in [-0.39, 0.29) is 11.6 Å². The number of aromatic carboxylic acids is 1. The number of nitrogens with zero attached hydrogens (tertiary/aromatic N) is 2. The van der Waals surface area contributed by atoms with Gasteiger partial charge in [-0.2, -0.15) is 5.26 Å². The summed E-state index contributed by atoms with van der Waals surface area (Å²) in [5.41, 5.74) is 2.79. The second-order valence-electron chi connectivity index (χ2n) is 6.48. The number of hydrogen-bond donors (Lipinski definition) is 1. The number of fused-ring (bicyclic) bond motifs is 1. The smallest absolute Gasteiger partial charge is 0.371 e. The highest BCUT2D eigenvalue weighted by Crippen LogP contribution is 2.27. The molecule has 0 saturated carbocycles. The minimum absolute atomic E-state index is 0.111. The zero-order valence-corrected chi connectivity index (χ0v) is 15.2. The fourth-order valence-corrected chi connectivity index (χ4v) is 3.23. The number of halogens is 1. The van der Waals surface area contributed by atoms with Gasteiger partial charge in [0.25, 0.3) is 0 Å². The summed E-state index contributed by atoms with van der Waals surface area (Å²) in [4.78, 5) is 11.0. The fourth-order valence-electron chi connectivity index (χ4n) is 3.23. The SMILES string of the molecule is N#C/C(=C\c1cn(Cc2ccc(C(=O)O)o2)c2ccccc12)c1ccc(F)cc1. The molecule has 0 spiro atoms. The maximum Gasteiger partial charge on any atom is 0.371 e. The molecular weight excluding hydrogens is 371 g/mol. The highest BCUT2D eigenvalue weighted by molar-refractivity contribution is 5.98. The third-order valence-corrected chi connectivity index (χ3v) is 4.59. The lowest BCUT2D eigenvalue weighted by Gasteiger charge is -2.02. The van der Waals surface area contributed by atoms with Crippen LogP contribution in [0.3, 0.4) is 0 Å².